The highest BCUT2D eigenvalue weighted by Crippen LogP contribution is 2.38. The van der Waals surface area contributed by atoms with Crippen molar-refractivity contribution in [2.45, 2.75) is 19.3 Å². The van der Waals surface area contributed by atoms with E-state index in [0.717, 1.165) is 4.90 Å². The van der Waals surface area contributed by atoms with Gasteiger partial charge in [-0.1, -0.05) is 24.1 Å². The molecule has 0 aromatic heterocycles. The molecule has 5 nitrogen and oxygen atoms in total. The molecule has 0 spiro atoms. The van der Waals surface area contributed by atoms with Gasteiger partial charge in [0.25, 0.3) is 5.91 Å². The SMILES string of the molecule is C#CCOc1ccc([C@@H]2Nc3ccccc3C(=O)N2CC(F)(F)F)cc1OCC. The maximum absolute atomic E-state index is 13.2. The van der Waals surface area contributed by atoms with E-state index in [1.165, 1.54) is 6.07 Å². The molecule has 0 fully saturated rings. The topological polar surface area (TPSA) is 50.8 Å². The Morgan fingerprint density at radius 3 is 2.62 bits per heavy atom. The summed E-state index contributed by atoms with van der Waals surface area (Å²) in [5.74, 6) is 2.35. The smallest absolute Gasteiger partial charge is 0.406 e. The number of rotatable bonds is 6. The molecule has 0 bridgehead atoms. The molecule has 0 aliphatic carbocycles. The number of carbonyl (C=O) groups is 1. The maximum atomic E-state index is 13.2. The number of alkyl halides is 3. The van der Waals surface area contributed by atoms with Gasteiger partial charge in [-0.15, -0.1) is 6.42 Å². The lowest BCUT2D eigenvalue weighted by atomic mass is 10.0. The fourth-order valence-corrected chi connectivity index (χ4v) is 3.11. The molecule has 1 N–H and O–H groups in total. The number of ether oxygens (including phenoxy) is 2. The monoisotopic (exact) mass is 404 g/mol. The van der Waals surface area contributed by atoms with Gasteiger partial charge in [-0.3, -0.25) is 4.79 Å². The van der Waals surface area contributed by atoms with Crippen molar-refractivity contribution in [3.05, 3.63) is 53.6 Å². The third-order valence-electron chi connectivity index (χ3n) is 4.27. The summed E-state index contributed by atoms with van der Waals surface area (Å²) in [7, 11) is 0. The summed E-state index contributed by atoms with van der Waals surface area (Å²) >= 11 is 0. The van der Waals surface area contributed by atoms with Gasteiger partial charge in [-0.25, -0.2) is 0 Å². The minimum atomic E-state index is -4.56. The number of fused-ring (bicyclic) bond motifs is 1. The van der Waals surface area contributed by atoms with Crippen LogP contribution in [0.15, 0.2) is 42.5 Å². The average molecular weight is 404 g/mol. The van der Waals surface area contributed by atoms with Crippen LogP contribution in [0, 0.1) is 12.3 Å². The van der Waals surface area contributed by atoms with Crippen molar-refractivity contribution in [1.82, 2.24) is 4.90 Å². The zero-order valence-corrected chi connectivity index (χ0v) is 15.6. The van der Waals surface area contributed by atoms with Crippen LogP contribution in [-0.4, -0.2) is 36.7 Å². The molecule has 8 heteroatoms. The van der Waals surface area contributed by atoms with Crippen LogP contribution in [0.5, 0.6) is 11.5 Å². The summed E-state index contributed by atoms with van der Waals surface area (Å²) in [5.41, 5.74) is 1.08. The average Bonchev–Trinajstić information content (AvgIpc) is 2.68. The number of hydrogen-bond donors (Lipinski definition) is 1. The molecule has 0 saturated carbocycles. The van der Waals surface area contributed by atoms with E-state index in [1.807, 2.05) is 0 Å². The number of amides is 1. The molecule has 3 rings (SSSR count). The molecule has 0 saturated heterocycles. The number of benzene rings is 2. The van der Waals surface area contributed by atoms with Crippen molar-refractivity contribution in [2.75, 3.05) is 25.1 Å². The van der Waals surface area contributed by atoms with Gasteiger partial charge in [-0.05, 0) is 36.8 Å². The number of terminal acetylenes is 1. The van der Waals surface area contributed by atoms with Gasteiger partial charge in [0.15, 0.2) is 11.5 Å². The van der Waals surface area contributed by atoms with E-state index in [-0.39, 0.29) is 12.2 Å². The van der Waals surface area contributed by atoms with Crippen LogP contribution in [-0.2, 0) is 0 Å². The lowest BCUT2D eigenvalue weighted by Gasteiger charge is -2.38. The molecular weight excluding hydrogens is 385 g/mol. The van der Waals surface area contributed by atoms with Crippen LogP contribution in [0.3, 0.4) is 0 Å². The molecule has 29 heavy (non-hydrogen) atoms. The van der Waals surface area contributed by atoms with E-state index in [2.05, 4.69) is 11.2 Å². The van der Waals surface area contributed by atoms with Gasteiger partial charge in [0, 0.05) is 5.69 Å². The molecule has 1 heterocycles. The fourth-order valence-electron chi connectivity index (χ4n) is 3.11. The first-order chi connectivity index (χ1) is 13.8. The number of anilines is 1. The Balaban J connectivity index is 2.03. The Hall–Kier alpha value is -3.34. The van der Waals surface area contributed by atoms with Crippen molar-refractivity contribution < 1.29 is 27.4 Å². The highest BCUT2D eigenvalue weighted by molar-refractivity contribution is 6.01. The first-order valence-corrected chi connectivity index (χ1v) is 8.90. The van der Waals surface area contributed by atoms with E-state index in [1.54, 1.807) is 43.3 Å². The Kier molecular flexibility index (Phi) is 5.87. The summed E-state index contributed by atoms with van der Waals surface area (Å²) < 4.78 is 50.6. The molecule has 0 radical (unpaired) electrons. The predicted octanol–water partition coefficient (Wildman–Crippen LogP) is 4.23. The van der Waals surface area contributed by atoms with Crippen LogP contribution in [0.4, 0.5) is 18.9 Å². The van der Waals surface area contributed by atoms with Crippen LogP contribution in [0.25, 0.3) is 0 Å². The molecule has 152 valence electrons. The zero-order valence-electron chi connectivity index (χ0n) is 15.6. The molecule has 1 aliphatic rings. The second-order valence-corrected chi connectivity index (χ2v) is 6.27. The highest BCUT2D eigenvalue weighted by atomic mass is 19.4. The minimum Gasteiger partial charge on any atom is -0.490 e. The quantitative estimate of drug-likeness (QED) is 0.733. The molecular formula is C21H19F3N2O3. The van der Waals surface area contributed by atoms with Gasteiger partial charge in [-0.2, -0.15) is 13.2 Å². The second-order valence-electron chi connectivity index (χ2n) is 6.27. The number of para-hydroxylation sites is 1. The summed E-state index contributed by atoms with van der Waals surface area (Å²) in [6, 6.07) is 11.2. The first-order valence-electron chi connectivity index (χ1n) is 8.90. The highest BCUT2D eigenvalue weighted by Gasteiger charge is 2.40. The van der Waals surface area contributed by atoms with E-state index >= 15 is 0 Å². The van der Waals surface area contributed by atoms with Gasteiger partial charge in [0.05, 0.1) is 12.2 Å². The number of nitrogens with one attached hydrogen (secondary N) is 1. The molecule has 1 atom stereocenters. The molecule has 0 unspecified atom stereocenters. The van der Waals surface area contributed by atoms with Crippen LogP contribution in [0.2, 0.25) is 0 Å². The normalized spacial score (nSPS) is 15.9. The fraction of sp³-hybridized carbons (Fsp3) is 0.286. The van der Waals surface area contributed by atoms with E-state index in [0.29, 0.717) is 29.4 Å². The molecule has 2 aromatic carbocycles. The Bertz CT molecular complexity index is 937. The van der Waals surface area contributed by atoms with Crippen molar-refractivity contribution >= 4 is 11.6 Å². The number of halogens is 3. The van der Waals surface area contributed by atoms with E-state index < -0.39 is 24.8 Å². The largest absolute Gasteiger partial charge is 0.490 e. The lowest BCUT2D eigenvalue weighted by Crippen LogP contribution is -2.47. The standard InChI is InChI=1S/C21H19F3N2O3/c1-3-11-29-17-10-9-14(12-18(17)28-4-2)19-25-16-8-6-5-7-15(16)20(27)26(19)13-21(22,23)24/h1,5-10,12,19,25H,4,11,13H2,2H3/t19-/m1/s1. The summed E-state index contributed by atoms with van der Waals surface area (Å²) in [5, 5.41) is 3.02. The van der Waals surface area contributed by atoms with E-state index in [9.17, 15) is 18.0 Å². The van der Waals surface area contributed by atoms with Gasteiger partial charge in [0.2, 0.25) is 0 Å². The molecule has 1 aliphatic heterocycles. The third-order valence-corrected chi connectivity index (χ3v) is 4.27. The second kappa shape index (κ2) is 8.35. The predicted molar refractivity (Wildman–Crippen MR) is 102 cm³/mol. The van der Waals surface area contributed by atoms with Gasteiger partial charge in [0.1, 0.15) is 19.3 Å². The number of carbonyl (C=O) groups excluding carboxylic acids is 1. The zero-order chi connectivity index (χ0) is 21.0. The Morgan fingerprint density at radius 1 is 1.17 bits per heavy atom. The van der Waals surface area contributed by atoms with E-state index in [4.69, 9.17) is 15.9 Å². The molecule has 1 amide bonds. The van der Waals surface area contributed by atoms with Gasteiger partial charge < -0.3 is 19.7 Å². The minimum absolute atomic E-state index is 0.0210. The maximum Gasteiger partial charge on any atom is 0.406 e. The first kappa shape index (κ1) is 20.4. The van der Waals surface area contributed by atoms with Crippen molar-refractivity contribution in [1.29, 1.82) is 0 Å². The van der Waals surface area contributed by atoms with Gasteiger partial charge >= 0.3 is 6.18 Å². The lowest BCUT2D eigenvalue weighted by molar-refractivity contribution is -0.144. The van der Waals surface area contributed by atoms with Crippen LogP contribution < -0.4 is 14.8 Å². The number of nitrogens with zero attached hydrogens (tertiary/aromatic N) is 1. The van der Waals surface area contributed by atoms with Crippen molar-refractivity contribution in [3.63, 3.8) is 0 Å². The van der Waals surface area contributed by atoms with Crippen molar-refractivity contribution in [3.8, 4) is 23.8 Å². The van der Waals surface area contributed by atoms with Crippen LogP contribution >= 0.6 is 0 Å². The summed E-state index contributed by atoms with van der Waals surface area (Å²) in [6.45, 7) is 0.721. The Labute approximate surface area is 166 Å². The summed E-state index contributed by atoms with van der Waals surface area (Å²) in [4.78, 5) is 13.6. The summed E-state index contributed by atoms with van der Waals surface area (Å²) in [6.07, 6.45) is -0.375. The third kappa shape index (κ3) is 4.57. The number of hydrogen-bond acceptors (Lipinski definition) is 4. The molecule has 2 aromatic rings. The van der Waals surface area contributed by atoms with Crippen LogP contribution in [0.1, 0.15) is 29.0 Å². The Morgan fingerprint density at radius 2 is 1.93 bits per heavy atom. The van der Waals surface area contributed by atoms with Crippen molar-refractivity contribution in [2.24, 2.45) is 0 Å².